The van der Waals surface area contributed by atoms with Gasteiger partial charge in [0, 0.05) is 33.2 Å². The summed E-state index contributed by atoms with van der Waals surface area (Å²) in [5.74, 6) is 0.0963. The summed E-state index contributed by atoms with van der Waals surface area (Å²) in [6, 6.07) is 5.27. The first-order chi connectivity index (χ1) is 12.7. The Morgan fingerprint density at radius 1 is 1.07 bits per heavy atom. The van der Waals surface area contributed by atoms with Crippen LogP contribution in [0.15, 0.2) is 18.2 Å². The fraction of sp³-hybridized carbons (Fsp3) is 0.700. The van der Waals surface area contributed by atoms with Crippen molar-refractivity contribution in [2.45, 2.75) is 58.0 Å². The highest BCUT2D eigenvalue weighted by atomic mass is 19.1. The van der Waals surface area contributed by atoms with Gasteiger partial charge in [-0.2, -0.15) is 0 Å². The Hall–Kier alpha value is -1.15. The number of ether oxygens (including phenoxy) is 2. The highest BCUT2D eigenvalue weighted by Gasteiger charge is 2.51. The molecule has 2 fully saturated rings. The molecule has 0 radical (unpaired) electrons. The minimum atomic E-state index is -0.548. The second-order valence-electron chi connectivity index (χ2n) is 8.46. The first-order valence-electron chi connectivity index (χ1n) is 9.64. The maximum atomic E-state index is 14.9. The highest BCUT2D eigenvalue weighted by Crippen LogP contribution is 2.37. The lowest BCUT2D eigenvalue weighted by Gasteiger charge is -2.36. The summed E-state index contributed by atoms with van der Waals surface area (Å²) in [4.78, 5) is 2.09. The van der Waals surface area contributed by atoms with Gasteiger partial charge in [0.15, 0.2) is 6.29 Å². The molecule has 7 heteroatoms. The summed E-state index contributed by atoms with van der Waals surface area (Å²) in [6.07, 6.45) is 1.62. The van der Waals surface area contributed by atoms with Crippen LogP contribution in [0.2, 0.25) is 0 Å². The third-order valence-corrected chi connectivity index (χ3v) is 6.23. The Morgan fingerprint density at radius 2 is 1.63 bits per heavy atom. The van der Waals surface area contributed by atoms with E-state index in [1.54, 1.807) is 14.2 Å². The summed E-state index contributed by atoms with van der Waals surface area (Å²) in [6.45, 7) is 9.54. The SMILES string of the molecule is COC(OC)C1CCN(c2ccc(B3OC(C)(C)C(C)(C)O3)cc2F)CC1. The summed E-state index contributed by atoms with van der Waals surface area (Å²) in [5, 5.41) is 0. The van der Waals surface area contributed by atoms with Crippen LogP contribution in [0.1, 0.15) is 40.5 Å². The molecule has 0 bridgehead atoms. The molecule has 0 unspecified atom stereocenters. The van der Waals surface area contributed by atoms with Gasteiger partial charge >= 0.3 is 7.12 Å². The Kier molecular flexibility index (Phi) is 5.87. The number of hydrogen-bond donors (Lipinski definition) is 0. The van der Waals surface area contributed by atoms with Gasteiger partial charge < -0.3 is 23.7 Å². The molecule has 0 spiro atoms. The number of benzene rings is 1. The molecule has 2 aliphatic rings. The van der Waals surface area contributed by atoms with Crippen molar-refractivity contribution in [1.29, 1.82) is 0 Å². The molecule has 0 N–H and O–H groups in total. The van der Waals surface area contributed by atoms with Gasteiger partial charge in [0.25, 0.3) is 0 Å². The van der Waals surface area contributed by atoms with E-state index in [1.165, 1.54) is 6.07 Å². The van der Waals surface area contributed by atoms with E-state index in [-0.39, 0.29) is 12.1 Å². The van der Waals surface area contributed by atoms with Gasteiger partial charge in [-0.25, -0.2) is 4.39 Å². The van der Waals surface area contributed by atoms with Crippen LogP contribution in [0, 0.1) is 11.7 Å². The van der Waals surface area contributed by atoms with Crippen molar-refractivity contribution in [3.8, 4) is 0 Å². The van der Waals surface area contributed by atoms with E-state index in [0.717, 1.165) is 25.9 Å². The summed E-state index contributed by atoms with van der Waals surface area (Å²) >= 11 is 0. The van der Waals surface area contributed by atoms with Crippen molar-refractivity contribution in [2.24, 2.45) is 5.92 Å². The normalized spacial score (nSPS) is 22.7. The number of anilines is 1. The predicted molar refractivity (Wildman–Crippen MR) is 105 cm³/mol. The Morgan fingerprint density at radius 3 is 2.11 bits per heavy atom. The third kappa shape index (κ3) is 4.02. The second kappa shape index (κ2) is 7.70. The number of methoxy groups -OCH3 is 2. The van der Waals surface area contributed by atoms with Gasteiger partial charge in [-0.1, -0.05) is 6.07 Å². The number of hydrogen-bond acceptors (Lipinski definition) is 5. The topological polar surface area (TPSA) is 40.2 Å². The minimum Gasteiger partial charge on any atom is -0.399 e. The van der Waals surface area contributed by atoms with Crippen LogP contribution < -0.4 is 10.4 Å². The average molecular weight is 379 g/mol. The molecule has 27 heavy (non-hydrogen) atoms. The average Bonchev–Trinajstić information content (AvgIpc) is 2.84. The summed E-state index contributed by atoms with van der Waals surface area (Å²) < 4.78 is 37.6. The molecule has 1 aromatic carbocycles. The maximum Gasteiger partial charge on any atom is 0.494 e. The summed E-state index contributed by atoms with van der Waals surface area (Å²) in [7, 11) is 2.78. The molecule has 3 rings (SSSR count). The molecule has 0 atom stereocenters. The fourth-order valence-corrected chi connectivity index (χ4v) is 3.80. The molecular weight excluding hydrogens is 348 g/mol. The van der Waals surface area contributed by atoms with Gasteiger partial charge in [-0.05, 0) is 58.1 Å². The molecule has 0 saturated carbocycles. The van der Waals surface area contributed by atoms with E-state index in [4.69, 9.17) is 18.8 Å². The lowest BCUT2D eigenvalue weighted by atomic mass is 9.79. The van der Waals surface area contributed by atoms with Crippen LogP contribution in [0.4, 0.5) is 10.1 Å². The van der Waals surface area contributed by atoms with Crippen molar-refractivity contribution in [1.82, 2.24) is 0 Å². The number of rotatable bonds is 5. The Balaban J connectivity index is 1.68. The van der Waals surface area contributed by atoms with Crippen LogP contribution in [0.3, 0.4) is 0 Å². The van der Waals surface area contributed by atoms with Crippen molar-refractivity contribution >= 4 is 18.3 Å². The van der Waals surface area contributed by atoms with Crippen molar-refractivity contribution < 1.29 is 23.2 Å². The predicted octanol–water partition coefficient (Wildman–Crippen LogP) is 2.96. The molecule has 0 aliphatic carbocycles. The Bertz CT molecular complexity index is 641. The van der Waals surface area contributed by atoms with E-state index in [0.29, 0.717) is 17.1 Å². The van der Waals surface area contributed by atoms with Crippen LogP contribution >= 0.6 is 0 Å². The third-order valence-electron chi connectivity index (χ3n) is 6.23. The molecular formula is C20H31BFNO4. The molecule has 0 amide bonds. The molecule has 5 nitrogen and oxygen atoms in total. The van der Waals surface area contributed by atoms with Crippen LogP contribution in [0.25, 0.3) is 0 Å². The largest absolute Gasteiger partial charge is 0.494 e. The van der Waals surface area contributed by atoms with Crippen LogP contribution in [-0.2, 0) is 18.8 Å². The smallest absolute Gasteiger partial charge is 0.399 e. The quantitative estimate of drug-likeness (QED) is 0.581. The molecule has 1 aromatic rings. The zero-order valence-corrected chi connectivity index (χ0v) is 17.3. The van der Waals surface area contributed by atoms with Crippen molar-refractivity contribution in [2.75, 3.05) is 32.2 Å². The number of halogens is 1. The lowest BCUT2D eigenvalue weighted by Crippen LogP contribution is -2.41. The fourth-order valence-electron chi connectivity index (χ4n) is 3.80. The van der Waals surface area contributed by atoms with Gasteiger partial charge in [0.1, 0.15) is 5.82 Å². The molecule has 2 heterocycles. The highest BCUT2D eigenvalue weighted by molar-refractivity contribution is 6.62. The molecule has 150 valence electrons. The van der Waals surface area contributed by atoms with Gasteiger partial charge in [-0.15, -0.1) is 0 Å². The number of piperidine rings is 1. The summed E-state index contributed by atoms with van der Waals surface area (Å²) in [5.41, 5.74) is 0.464. The Labute approximate surface area is 162 Å². The number of nitrogens with zero attached hydrogens (tertiary/aromatic N) is 1. The second-order valence-corrected chi connectivity index (χ2v) is 8.46. The van der Waals surface area contributed by atoms with Gasteiger partial charge in [0.05, 0.1) is 16.9 Å². The van der Waals surface area contributed by atoms with E-state index < -0.39 is 18.3 Å². The maximum absolute atomic E-state index is 14.9. The lowest BCUT2D eigenvalue weighted by molar-refractivity contribution is -0.141. The molecule has 2 saturated heterocycles. The van der Waals surface area contributed by atoms with Crippen LogP contribution in [0.5, 0.6) is 0 Å². The van der Waals surface area contributed by atoms with E-state index in [9.17, 15) is 4.39 Å². The van der Waals surface area contributed by atoms with Crippen LogP contribution in [-0.4, -0.2) is 51.9 Å². The standard InChI is InChI=1S/C20H31BFNO4/c1-19(2)20(3,4)27-21(26-19)15-7-8-17(16(22)13-15)23-11-9-14(10-12-23)18(24-5)25-6/h7-8,13-14,18H,9-12H2,1-6H3. The monoisotopic (exact) mass is 379 g/mol. The van der Waals surface area contributed by atoms with Crippen molar-refractivity contribution in [3.63, 3.8) is 0 Å². The van der Waals surface area contributed by atoms with Gasteiger partial charge in [-0.3, -0.25) is 0 Å². The molecule has 2 aliphatic heterocycles. The minimum absolute atomic E-state index is 0.192. The van der Waals surface area contributed by atoms with Gasteiger partial charge in [0.2, 0.25) is 0 Å². The van der Waals surface area contributed by atoms with E-state index in [1.807, 2.05) is 39.8 Å². The van der Waals surface area contributed by atoms with E-state index in [2.05, 4.69) is 4.90 Å². The first kappa shape index (κ1) is 20.6. The van der Waals surface area contributed by atoms with Crippen molar-refractivity contribution in [3.05, 3.63) is 24.0 Å². The first-order valence-corrected chi connectivity index (χ1v) is 9.64. The zero-order chi connectivity index (χ0) is 19.8. The van der Waals surface area contributed by atoms with E-state index >= 15 is 0 Å². The zero-order valence-electron chi connectivity index (χ0n) is 17.3. The molecule has 0 aromatic heterocycles.